The lowest BCUT2D eigenvalue weighted by Crippen LogP contribution is -2.49. The number of amides is 1. The maximum Gasteiger partial charge on any atom is 0.270 e. The normalized spacial score (nSPS) is 17.2. The molecule has 194 valence electrons. The molecule has 37 heavy (non-hydrogen) atoms. The van der Waals surface area contributed by atoms with Crippen molar-refractivity contribution >= 4 is 51.8 Å². The lowest BCUT2D eigenvalue weighted by Gasteiger charge is -2.39. The Morgan fingerprint density at radius 3 is 2.35 bits per heavy atom. The van der Waals surface area contributed by atoms with Gasteiger partial charge in [0.2, 0.25) is 0 Å². The molecule has 7 nitrogen and oxygen atoms in total. The van der Waals surface area contributed by atoms with E-state index in [1.54, 1.807) is 34.6 Å². The Labute approximate surface area is 226 Å². The Morgan fingerprint density at radius 2 is 1.73 bits per heavy atom. The number of carbonyl (C=O) groups is 1. The molecule has 1 aromatic heterocycles. The molecule has 3 heterocycles. The standard InChI is InChI=1S/C27H30FN5O2S2/c1-4-10-32-24(31-14-12-30(13-15-31)22-9-7-6-8-21(22)28)19(18(3)20(17-29)25(32)34)16-23-26(35)33(11-5-2)27(36)37-23/h6-9,16H,4-5,10-15H2,1-3H3/b23-16+. The number of pyridine rings is 1. The number of piperazine rings is 1. The van der Waals surface area contributed by atoms with Crippen LogP contribution in [0.25, 0.3) is 6.08 Å². The van der Waals surface area contributed by atoms with Crippen LogP contribution in [-0.2, 0) is 11.3 Å². The topological polar surface area (TPSA) is 72.6 Å². The number of para-hydroxylation sites is 1. The van der Waals surface area contributed by atoms with E-state index >= 15 is 0 Å². The molecule has 2 saturated heterocycles. The number of thiocarbonyl (C=S) groups is 1. The van der Waals surface area contributed by atoms with E-state index in [-0.39, 0.29) is 22.8 Å². The van der Waals surface area contributed by atoms with Gasteiger partial charge in [0.1, 0.15) is 27.6 Å². The molecule has 1 aromatic carbocycles. The number of carbonyl (C=O) groups excluding carboxylic acids is 1. The number of nitriles is 1. The van der Waals surface area contributed by atoms with Crippen LogP contribution in [0.2, 0.25) is 0 Å². The molecule has 0 saturated carbocycles. The van der Waals surface area contributed by atoms with Crippen LogP contribution in [0.3, 0.4) is 0 Å². The predicted octanol–water partition coefficient (Wildman–Crippen LogP) is 4.52. The molecule has 2 aromatic rings. The van der Waals surface area contributed by atoms with Gasteiger partial charge in [-0.2, -0.15) is 5.26 Å². The minimum Gasteiger partial charge on any atom is -0.366 e. The van der Waals surface area contributed by atoms with Gasteiger partial charge in [0.15, 0.2) is 0 Å². The Hall–Kier alpha value is -3.16. The van der Waals surface area contributed by atoms with Gasteiger partial charge in [-0.25, -0.2) is 4.39 Å². The van der Waals surface area contributed by atoms with E-state index in [2.05, 4.69) is 11.0 Å². The van der Waals surface area contributed by atoms with Crippen LogP contribution in [0.15, 0.2) is 34.0 Å². The van der Waals surface area contributed by atoms with Gasteiger partial charge in [-0.1, -0.05) is 50.0 Å². The van der Waals surface area contributed by atoms with E-state index in [1.165, 1.54) is 17.8 Å². The molecular formula is C27H30FN5O2S2. The van der Waals surface area contributed by atoms with Crippen molar-refractivity contribution in [2.75, 3.05) is 42.5 Å². The second kappa shape index (κ2) is 11.5. The van der Waals surface area contributed by atoms with Crippen molar-refractivity contribution < 1.29 is 9.18 Å². The summed E-state index contributed by atoms with van der Waals surface area (Å²) in [5.41, 5.74) is 1.54. The zero-order valence-electron chi connectivity index (χ0n) is 21.3. The zero-order chi connectivity index (χ0) is 26.7. The van der Waals surface area contributed by atoms with Gasteiger partial charge in [0, 0.05) is 44.8 Å². The number of thioether (sulfide) groups is 1. The fraction of sp³-hybridized carbons (Fsp3) is 0.407. The smallest absolute Gasteiger partial charge is 0.270 e. The minimum atomic E-state index is -0.330. The van der Waals surface area contributed by atoms with Crippen LogP contribution in [0.5, 0.6) is 0 Å². The molecule has 2 aliphatic heterocycles. The molecule has 10 heteroatoms. The van der Waals surface area contributed by atoms with Crippen LogP contribution in [-0.4, -0.2) is 52.4 Å². The van der Waals surface area contributed by atoms with Crippen molar-refractivity contribution in [3.63, 3.8) is 0 Å². The van der Waals surface area contributed by atoms with Gasteiger partial charge in [0.25, 0.3) is 11.5 Å². The highest BCUT2D eigenvalue weighted by molar-refractivity contribution is 8.26. The van der Waals surface area contributed by atoms with Gasteiger partial charge >= 0.3 is 0 Å². The average Bonchev–Trinajstić information content (AvgIpc) is 3.15. The summed E-state index contributed by atoms with van der Waals surface area (Å²) >= 11 is 6.69. The third-order valence-corrected chi connectivity index (χ3v) is 8.04. The minimum absolute atomic E-state index is 0.0810. The van der Waals surface area contributed by atoms with E-state index in [9.17, 15) is 19.2 Å². The van der Waals surface area contributed by atoms with E-state index in [1.807, 2.05) is 24.8 Å². The highest BCUT2D eigenvalue weighted by atomic mass is 32.2. The summed E-state index contributed by atoms with van der Waals surface area (Å²) in [6.07, 6.45) is 3.28. The number of nitrogens with zero attached hydrogens (tertiary/aromatic N) is 5. The highest BCUT2D eigenvalue weighted by Crippen LogP contribution is 2.36. The summed E-state index contributed by atoms with van der Waals surface area (Å²) < 4.78 is 16.6. The van der Waals surface area contributed by atoms with Gasteiger partial charge in [-0.3, -0.25) is 19.1 Å². The number of hydrogen-bond acceptors (Lipinski definition) is 7. The first-order valence-corrected chi connectivity index (χ1v) is 13.7. The third-order valence-electron chi connectivity index (χ3n) is 6.66. The maximum atomic E-state index is 14.4. The average molecular weight is 540 g/mol. The van der Waals surface area contributed by atoms with Crippen LogP contribution in [0, 0.1) is 24.1 Å². The van der Waals surface area contributed by atoms with Crippen LogP contribution < -0.4 is 15.4 Å². The molecule has 0 unspecified atom stereocenters. The van der Waals surface area contributed by atoms with E-state index in [0.717, 1.165) is 6.42 Å². The first-order valence-electron chi connectivity index (χ1n) is 12.5. The SMILES string of the molecule is CCCN1C(=O)/C(=C\c2c(C)c(C#N)c(=O)n(CCC)c2N2CCN(c3ccccc3F)CC2)SC1=S. The summed E-state index contributed by atoms with van der Waals surface area (Å²) in [6.45, 7) is 8.96. The first-order chi connectivity index (χ1) is 17.8. The van der Waals surface area contributed by atoms with Crippen LogP contribution in [0.4, 0.5) is 15.9 Å². The Kier molecular flexibility index (Phi) is 8.35. The van der Waals surface area contributed by atoms with Crippen molar-refractivity contribution in [1.29, 1.82) is 5.26 Å². The van der Waals surface area contributed by atoms with Crippen molar-refractivity contribution in [2.24, 2.45) is 0 Å². The second-order valence-corrected chi connectivity index (χ2v) is 10.7. The molecule has 0 aliphatic carbocycles. The van der Waals surface area contributed by atoms with Crippen molar-refractivity contribution in [3.05, 3.63) is 62.0 Å². The van der Waals surface area contributed by atoms with Crippen molar-refractivity contribution in [3.8, 4) is 6.07 Å². The summed E-state index contributed by atoms with van der Waals surface area (Å²) in [7, 11) is 0. The number of anilines is 2. The fourth-order valence-corrected chi connectivity index (χ4v) is 6.12. The Morgan fingerprint density at radius 1 is 1.08 bits per heavy atom. The number of rotatable bonds is 7. The molecule has 0 spiro atoms. The molecule has 2 fully saturated rings. The van der Waals surface area contributed by atoms with Crippen molar-refractivity contribution in [2.45, 2.75) is 40.2 Å². The van der Waals surface area contributed by atoms with Crippen LogP contribution >= 0.6 is 24.0 Å². The number of halogens is 1. The summed E-state index contributed by atoms with van der Waals surface area (Å²) in [4.78, 5) is 32.7. The highest BCUT2D eigenvalue weighted by Gasteiger charge is 2.33. The second-order valence-electron chi connectivity index (χ2n) is 9.06. The van der Waals surface area contributed by atoms with Gasteiger partial charge in [0.05, 0.1) is 10.6 Å². The Bertz CT molecular complexity index is 1360. The molecular weight excluding hydrogens is 509 g/mol. The lowest BCUT2D eigenvalue weighted by atomic mass is 10.0. The molecule has 4 rings (SSSR count). The van der Waals surface area contributed by atoms with Gasteiger partial charge in [-0.15, -0.1) is 0 Å². The van der Waals surface area contributed by atoms with E-state index in [4.69, 9.17) is 12.2 Å². The molecule has 1 amide bonds. The molecule has 0 atom stereocenters. The van der Waals surface area contributed by atoms with E-state index in [0.29, 0.717) is 77.5 Å². The summed E-state index contributed by atoms with van der Waals surface area (Å²) in [6, 6.07) is 8.80. The fourth-order valence-electron chi connectivity index (χ4n) is 4.83. The lowest BCUT2D eigenvalue weighted by molar-refractivity contribution is -0.122. The number of hydrogen-bond donors (Lipinski definition) is 0. The summed E-state index contributed by atoms with van der Waals surface area (Å²) in [5, 5.41) is 9.83. The molecule has 0 N–H and O–H groups in total. The van der Waals surface area contributed by atoms with Gasteiger partial charge in [-0.05, 0) is 43.5 Å². The maximum absolute atomic E-state index is 14.4. The number of benzene rings is 1. The van der Waals surface area contributed by atoms with Crippen molar-refractivity contribution in [1.82, 2.24) is 9.47 Å². The monoisotopic (exact) mass is 539 g/mol. The van der Waals surface area contributed by atoms with E-state index < -0.39 is 0 Å². The largest absolute Gasteiger partial charge is 0.366 e. The zero-order valence-corrected chi connectivity index (χ0v) is 22.9. The molecule has 2 aliphatic rings. The summed E-state index contributed by atoms with van der Waals surface area (Å²) in [5.74, 6) is 0.276. The van der Waals surface area contributed by atoms with Gasteiger partial charge < -0.3 is 9.80 Å². The molecule has 0 radical (unpaired) electrons. The number of aromatic nitrogens is 1. The quantitative estimate of drug-likeness (QED) is 0.379. The molecule has 0 bridgehead atoms. The predicted molar refractivity (Wildman–Crippen MR) is 151 cm³/mol. The Balaban J connectivity index is 1.79. The third kappa shape index (κ3) is 5.15. The first kappa shape index (κ1) is 26.9. The van der Waals surface area contributed by atoms with Crippen LogP contribution in [0.1, 0.15) is 43.4 Å².